The molecule has 4 heteroatoms. The number of aryl methyl sites for hydroxylation is 2. The SMILES string of the molecule is Cc1cn(CCCCCF)nc1N. The third-order valence-electron chi connectivity index (χ3n) is 2.00. The Balaban J connectivity index is 2.29. The highest BCUT2D eigenvalue weighted by Gasteiger charge is 1.99. The molecule has 0 unspecified atom stereocenters. The molecule has 1 aromatic rings. The zero-order valence-electron chi connectivity index (χ0n) is 7.96. The van der Waals surface area contributed by atoms with Gasteiger partial charge in [-0.25, -0.2) is 0 Å². The van der Waals surface area contributed by atoms with Crippen LogP contribution in [0.5, 0.6) is 0 Å². The zero-order valence-corrected chi connectivity index (χ0v) is 7.96. The maximum absolute atomic E-state index is 11.7. The van der Waals surface area contributed by atoms with E-state index in [1.807, 2.05) is 17.8 Å². The number of rotatable bonds is 5. The van der Waals surface area contributed by atoms with Crippen molar-refractivity contribution in [1.29, 1.82) is 0 Å². The van der Waals surface area contributed by atoms with Gasteiger partial charge in [0.2, 0.25) is 0 Å². The number of alkyl halides is 1. The predicted molar refractivity (Wildman–Crippen MR) is 51.2 cm³/mol. The average Bonchev–Trinajstić information content (AvgIpc) is 2.41. The van der Waals surface area contributed by atoms with Crippen LogP contribution in [-0.2, 0) is 6.54 Å². The Bertz CT molecular complexity index is 238. The first-order chi connectivity index (χ1) is 6.24. The van der Waals surface area contributed by atoms with E-state index in [9.17, 15) is 4.39 Å². The van der Waals surface area contributed by atoms with Crippen LogP contribution in [0.25, 0.3) is 0 Å². The van der Waals surface area contributed by atoms with Gasteiger partial charge in [-0.3, -0.25) is 9.07 Å². The third-order valence-corrected chi connectivity index (χ3v) is 2.00. The van der Waals surface area contributed by atoms with Gasteiger partial charge in [0.05, 0.1) is 6.67 Å². The van der Waals surface area contributed by atoms with Gasteiger partial charge < -0.3 is 5.73 Å². The van der Waals surface area contributed by atoms with Gasteiger partial charge in [0.15, 0.2) is 0 Å². The quantitative estimate of drug-likeness (QED) is 0.712. The average molecular weight is 185 g/mol. The fourth-order valence-corrected chi connectivity index (χ4v) is 1.20. The Kier molecular flexibility index (Phi) is 3.73. The Morgan fingerprint density at radius 1 is 1.46 bits per heavy atom. The minimum Gasteiger partial charge on any atom is -0.382 e. The molecule has 1 aromatic heterocycles. The van der Waals surface area contributed by atoms with Crippen LogP contribution in [0.4, 0.5) is 10.2 Å². The van der Waals surface area contributed by atoms with Crippen molar-refractivity contribution in [2.75, 3.05) is 12.4 Å². The maximum atomic E-state index is 11.7. The lowest BCUT2D eigenvalue weighted by Crippen LogP contribution is -1.99. The van der Waals surface area contributed by atoms with Crippen LogP contribution in [-0.4, -0.2) is 16.5 Å². The minimum absolute atomic E-state index is 0.222. The zero-order chi connectivity index (χ0) is 9.68. The van der Waals surface area contributed by atoms with Crippen molar-refractivity contribution in [3.05, 3.63) is 11.8 Å². The van der Waals surface area contributed by atoms with E-state index in [2.05, 4.69) is 5.10 Å². The lowest BCUT2D eigenvalue weighted by Gasteiger charge is -1.99. The number of nitrogen functional groups attached to an aromatic ring is 1. The number of nitrogens with zero attached hydrogens (tertiary/aromatic N) is 2. The summed E-state index contributed by atoms with van der Waals surface area (Å²) in [6.07, 6.45) is 4.44. The number of hydrogen-bond donors (Lipinski definition) is 1. The molecule has 0 spiro atoms. The normalized spacial score (nSPS) is 10.6. The molecule has 0 atom stereocenters. The largest absolute Gasteiger partial charge is 0.382 e. The Morgan fingerprint density at radius 2 is 2.23 bits per heavy atom. The first-order valence-electron chi connectivity index (χ1n) is 4.59. The summed E-state index contributed by atoms with van der Waals surface area (Å²) in [7, 11) is 0. The van der Waals surface area contributed by atoms with E-state index in [-0.39, 0.29) is 6.67 Å². The molecule has 1 rings (SSSR count). The van der Waals surface area contributed by atoms with E-state index in [4.69, 9.17) is 5.73 Å². The summed E-state index contributed by atoms with van der Waals surface area (Å²) >= 11 is 0. The lowest BCUT2D eigenvalue weighted by atomic mass is 10.2. The van der Waals surface area contributed by atoms with Gasteiger partial charge in [-0.2, -0.15) is 5.10 Å². The smallest absolute Gasteiger partial charge is 0.148 e. The molecule has 0 saturated carbocycles. The Hall–Kier alpha value is -1.06. The van der Waals surface area contributed by atoms with Crippen molar-refractivity contribution in [2.45, 2.75) is 32.7 Å². The molecule has 74 valence electrons. The number of hydrogen-bond acceptors (Lipinski definition) is 2. The standard InChI is InChI=1S/C9H16FN3/c1-8-7-13(12-9(8)11)6-4-2-3-5-10/h7H,2-6H2,1H3,(H2,11,12). The second kappa shape index (κ2) is 4.84. The fraction of sp³-hybridized carbons (Fsp3) is 0.667. The summed E-state index contributed by atoms with van der Waals surface area (Å²) in [5.41, 5.74) is 6.58. The second-order valence-corrected chi connectivity index (χ2v) is 3.21. The van der Waals surface area contributed by atoms with E-state index in [1.54, 1.807) is 0 Å². The van der Waals surface area contributed by atoms with Crippen molar-refractivity contribution in [2.24, 2.45) is 0 Å². The first-order valence-corrected chi connectivity index (χ1v) is 4.59. The Labute approximate surface area is 77.7 Å². The molecule has 3 nitrogen and oxygen atoms in total. The van der Waals surface area contributed by atoms with Crippen LogP contribution in [0.15, 0.2) is 6.20 Å². The molecule has 2 N–H and O–H groups in total. The van der Waals surface area contributed by atoms with Gasteiger partial charge in [0.25, 0.3) is 0 Å². The molecule has 0 bridgehead atoms. The molecule has 13 heavy (non-hydrogen) atoms. The summed E-state index contributed by atoms with van der Waals surface area (Å²) in [5.74, 6) is 0.588. The van der Waals surface area contributed by atoms with E-state index in [0.717, 1.165) is 24.9 Å². The van der Waals surface area contributed by atoms with Crippen LogP contribution < -0.4 is 5.73 Å². The summed E-state index contributed by atoms with van der Waals surface area (Å²) in [5, 5.41) is 4.11. The molecular formula is C9H16FN3. The summed E-state index contributed by atoms with van der Waals surface area (Å²) in [6.45, 7) is 2.54. The van der Waals surface area contributed by atoms with Gasteiger partial charge in [-0.05, 0) is 26.2 Å². The predicted octanol–water partition coefficient (Wildman–Crippen LogP) is 1.91. The highest BCUT2D eigenvalue weighted by molar-refractivity contribution is 5.35. The minimum atomic E-state index is -0.222. The second-order valence-electron chi connectivity index (χ2n) is 3.21. The molecule has 0 aliphatic rings. The molecule has 0 saturated heterocycles. The molecule has 0 aromatic carbocycles. The lowest BCUT2D eigenvalue weighted by molar-refractivity contribution is 0.443. The molecule has 0 radical (unpaired) electrons. The van der Waals surface area contributed by atoms with Crippen molar-refractivity contribution in [1.82, 2.24) is 9.78 Å². The van der Waals surface area contributed by atoms with Gasteiger partial charge in [0, 0.05) is 18.3 Å². The summed E-state index contributed by atoms with van der Waals surface area (Å²) < 4.78 is 13.6. The molecule has 0 aliphatic carbocycles. The van der Waals surface area contributed by atoms with Crippen LogP contribution >= 0.6 is 0 Å². The van der Waals surface area contributed by atoms with Gasteiger partial charge in [-0.1, -0.05) is 0 Å². The number of aromatic nitrogens is 2. The molecule has 0 amide bonds. The fourth-order valence-electron chi connectivity index (χ4n) is 1.20. The topological polar surface area (TPSA) is 43.8 Å². The van der Waals surface area contributed by atoms with E-state index in [0.29, 0.717) is 12.2 Å². The van der Waals surface area contributed by atoms with Crippen molar-refractivity contribution in [3.8, 4) is 0 Å². The van der Waals surface area contributed by atoms with Crippen LogP contribution in [0.1, 0.15) is 24.8 Å². The number of unbranched alkanes of at least 4 members (excludes halogenated alkanes) is 2. The molecule has 1 heterocycles. The maximum Gasteiger partial charge on any atom is 0.148 e. The van der Waals surface area contributed by atoms with Crippen LogP contribution in [0, 0.1) is 6.92 Å². The summed E-state index contributed by atoms with van der Waals surface area (Å²) in [4.78, 5) is 0. The van der Waals surface area contributed by atoms with E-state index in [1.165, 1.54) is 0 Å². The van der Waals surface area contributed by atoms with Crippen molar-refractivity contribution < 1.29 is 4.39 Å². The van der Waals surface area contributed by atoms with Crippen LogP contribution in [0.3, 0.4) is 0 Å². The molecule has 0 aliphatic heterocycles. The Morgan fingerprint density at radius 3 is 2.77 bits per heavy atom. The van der Waals surface area contributed by atoms with Gasteiger partial charge in [-0.15, -0.1) is 0 Å². The highest BCUT2D eigenvalue weighted by atomic mass is 19.1. The molecule has 0 fully saturated rings. The van der Waals surface area contributed by atoms with Crippen molar-refractivity contribution >= 4 is 5.82 Å². The van der Waals surface area contributed by atoms with Crippen molar-refractivity contribution in [3.63, 3.8) is 0 Å². The first kappa shape index (κ1) is 10.0. The number of nitrogens with two attached hydrogens (primary N) is 1. The van der Waals surface area contributed by atoms with Gasteiger partial charge >= 0.3 is 0 Å². The highest BCUT2D eigenvalue weighted by Crippen LogP contribution is 2.07. The van der Waals surface area contributed by atoms with Crippen LogP contribution in [0.2, 0.25) is 0 Å². The van der Waals surface area contributed by atoms with Gasteiger partial charge in [0.1, 0.15) is 5.82 Å². The number of halogens is 1. The summed E-state index contributed by atoms with van der Waals surface area (Å²) in [6, 6.07) is 0. The van der Waals surface area contributed by atoms with E-state index >= 15 is 0 Å². The van der Waals surface area contributed by atoms with E-state index < -0.39 is 0 Å². The third kappa shape index (κ3) is 3.05. The molecular weight excluding hydrogens is 169 g/mol. The number of anilines is 1. The monoisotopic (exact) mass is 185 g/mol.